The summed E-state index contributed by atoms with van der Waals surface area (Å²) in [6.45, 7) is 1.75. The highest BCUT2D eigenvalue weighted by molar-refractivity contribution is 8.27. The number of thioether (sulfide) groups is 1. The zero-order valence-corrected chi connectivity index (χ0v) is 20.8. The molecule has 0 spiro atoms. The number of rotatable bonds is 8. The highest BCUT2D eigenvalue weighted by atomic mass is 32.2. The molecule has 34 heavy (non-hydrogen) atoms. The quantitative estimate of drug-likeness (QED) is 0.348. The van der Waals surface area contributed by atoms with Crippen LogP contribution in [0.1, 0.15) is 17.5 Å². The third-order valence-electron chi connectivity index (χ3n) is 4.67. The van der Waals surface area contributed by atoms with E-state index in [1.807, 2.05) is 37.3 Å². The van der Waals surface area contributed by atoms with Crippen LogP contribution in [0.2, 0.25) is 0 Å². The molecular weight excluding hydrogens is 492 g/mol. The molecule has 0 atom stereocenters. The lowest BCUT2D eigenvalue weighted by Gasteiger charge is -2.13. The summed E-state index contributed by atoms with van der Waals surface area (Å²) in [6, 6.07) is 14.5. The Kier molecular flexibility index (Phi) is 7.56. The first-order valence-corrected chi connectivity index (χ1v) is 12.3. The summed E-state index contributed by atoms with van der Waals surface area (Å²) in [4.78, 5) is 27.1. The number of carbonyl (C=O) groups is 2. The molecule has 1 aliphatic rings. The lowest BCUT2D eigenvalue weighted by Crippen LogP contribution is -2.27. The first kappa shape index (κ1) is 23.9. The number of hydrogen-bond acceptors (Lipinski definition) is 9. The number of nitrogens with one attached hydrogen (secondary N) is 1. The summed E-state index contributed by atoms with van der Waals surface area (Å²) in [5, 5.41) is 11.8. The van der Waals surface area contributed by atoms with Crippen LogP contribution in [0.3, 0.4) is 0 Å². The average molecular weight is 513 g/mol. The van der Waals surface area contributed by atoms with E-state index in [0.29, 0.717) is 25.9 Å². The Hall–Kier alpha value is -3.28. The van der Waals surface area contributed by atoms with Crippen LogP contribution in [0, 0.1) is 0 Å². The normalized spacial score (nSPS) is 14.5. The first-order chi connectivity index (χ1) is 16.5. The third-order valence-corrected chi connectivity index (χ3v) is 6.95. The second-order valence-corrected chi connectivity index (χ2v) is 9.69. The lowest BCUT2D eigenvalue weighted by atomic mass is 10.2. The van der Waals surface area contributed by atoms with E-state index in [2.05, 4.69) is 15.5 Å². The van der Waals surface area contributed by atoms with Gasteiger partial charge in [-0.15, -0.1) is 10.2 Å². The van der Waals surface area contributed by atoms with Crippen LogP contribution in [-0.2, 0) is 16.0 Å². The second-order valence-electron chi connectivity index (χ2n) is 6.95. The zero-order chi connectivity index (χ0) is 24.1. The van der Waals surface area contributed by atoms with E-state index in [9.17, 15) is 9.59 Å². The number of ether oxygens (including phenoxy) is 2. The van der Waals surface area contributed by atoms with Crippen molar-refractivity contribution in [2.75, 3.05) is 23.9 Å². The van der Waals surface area contributed by atoms with Gasteiger partial charge >= 0.3 is 0 Å². The Balaban J connectivity index is 1.43. The number of para-hydroxylation sites is 1. The van der Waals surface area contributed by atoms with Crippen molar-refractivity contribution in [3.8, 4) is 11.5 Å². The van der Waals surface area contributed by atoms with Gasteiger partial charge in [0.25, 0.3) is 11.8 Å². The number of amides is 2. The van der Waals surface area contributed by atoms with E-state index in [4.69, 9.17) is 21.7 Å². The van der Waals surface area contributed by atoms with Crippen molar-refractivity contribution in [3.05, 3.63) is 64.0 Å². The van der Waals surface area contributed by atoms with Crippen LogP contribution in [-0.4, -0.2) is 40.0 Å². The number of carbonyl (C=O) groups excluding carboxylic acids is 2. The zero-order valence-electron chi connectivity index (χ0n) is 18.3. The van der Waals surface area contributed by atoms with Crippen LogP contribution >= 0.6 is 35.3 Å². The third kappa shape index (κ3) is 5.44. The van der Waals surface area contributed by atoms with Crippen molar-refractivity contribution < 1.29 is 19.1 Å². The number of benzene rings is 2. The van der Waals surface area contributed by atoms with Crippen molar-refractivity contribution in [1.82, 2.24) is 10.2 Å². The predicted molar refractivity (Wildman–Crippen MR) is 138 cm³/mol. The number of hydrogen-bond donors (Lipinski definition) is 1. The van der Waals surface area contributed by atoms with Crippen LogP contribution in [0.25, 0.3) is 6.08 Å². The fraction of sp³-hybridized carbons (Fsp3) is 0.174. The fourth-order valence-electron chi connectivity index (χ4n) is 3.06. The Morgan fingerprint density at radius 1 is 1.18 bits per heavy atom. The Morgan fingerprint density at radius 2 is 1.97 bits per heavy atom. The second kappa shape index (κ2) is 10.8. The lowest BCUT2D eigenvalue weighted by molar-refractivity contribution is -0.118. The van der Waals surface area contributed by atoms with Crippen LogP contribution < -0.4 is 19.7 Å². The molecule has 0 saturated carbocycles. The van der Waals surface area contributed by atoms with Gasteiger partial charge in [-0.05, 0) is 42.3 Å². The molecule has 4 rings (SSSR count). The molecule has 0 radical (unpaired) electrons. The molecule has 0 aliphatic carbocycles. The van der Waals surface area contributed by atoms with Crippen LogP contribution in [0.4, 0.5) is 10.8 Å². The minimum Gasteiger partial charge on any atom is -0.493 e. The Bertz CT molecular complexity index is 1260. The van der Waals surface area contributed by atoms with E-state index in [1.54, 1.807) is 24.3 Å². The van der Waals surface area contributed by atoms with Gasteiger partial charge in [0.2, 0.25) is 5.13 Å². The minimum absolute atomic E-state index is 0.180. The maximum atomic E-state index is 12.9. The molecule has 0 bridgehead atoms. The van der Waals surface area contributed by atoms with Gasteiger partial charge in [0.05, 0.1) is 17.7 Å². The molecule has 174 valence electrons. The molecular formula is C23H20N4O4S3. The molecule has 2 aromatic carbocycles. The number of methoxy groups -OCH3 is 1. The molecule has 2 amide bonds. The summed E-state index contributed by atoms with van der Waals surface area (Å²) in [5.74, 6) is 0.303. The first-order valence-electron chi connectivity index (χ1n) is 10.2. The van der Waals surface area contributed by atoms with Crippen LogP contribution in [0.5, 0.6) is 11.5 Å². The number of aromatic nitrogens is 2. The smallest absolute Gasteiger partial charge is 0.270 e. The van der Waals surface area contributed by atoms with Crippen molar-refractivity contribution in [2.45, 2.75) is 13.3 Å². The fourth-order valence-corrected chi connectivity index (χ4v) is 5.05. The topological polar surface area (TPSA) is 93.6 Å². The van der Waals surface area contributed by atoms with Crippen LogP contribution in [0.15, 0.2) is 53.4 Å². The molecule has 1 aliphatic heterocycles. The highest BCUT2D eigenvalue weighted by Gasteiger charge is 2.33. The molecule has 8 nitrogen and oxygen atoms in total. The standard InChI is InChI=1S/C23H20N4O4S3/c1-3-20-25-26-22(34-20)24-19(28)13-31-16-10-9-14(11-17(16)30-2)12-18-21(29)27(23(32)33-18)15-7-5-4-6-8-15/h4-12H,3,13H2,1-2H3,(H,24,26,28)/b18-12-. The van der Waals surface area contributed by atoms with E-state index < -0.39 is 0 Å². The van der Waals surface area contributed by atoms with E-state index in [0.717, 1.165) is 22.7 Å². The van der Waals surface area contributed by atoms with Crippen molar-refractivity contribution in [3.63, 3.8) is 0 Å². The van der Waals surface area contributed by atoms with E-state index >= 15 is 0 Å². The average Bonchev–Trinajstić information content (AvgIpc) is 3.41. The minimum atomic E-state index is -0.352. The van der Waals surface area contributed by atoms with Gasteiger partial charge in [0.1, 0.15) is 5.01 Å². The van der Waals surface area contributed by atoms with Gasteiger partial charge < -0.3 is 9.47 Å². The SMILES string of the molecule is CCc1nnc(NC(=O)COc2ccc(/C=C3\SC(=S)N(c4ccccc4)C3=O)cc2OC)s1. The largest absolute Gasteiger partial charge is 0.493 e. The van der Waals surface area contributed by atoms with Crippen molar-refractivity contribution >= 4 is 68.3 Å². The predicted octanol–water partition coefficient (Wildman–Crippen LogP) is 4.53. The monoisotopic (exact) mass is 512 g/mol. The molecule has 1 N–H and O–H groups in total. The van der Waals surface area contributed by atoms with Gasteiger partial charge in [0, 0.05) is 0 Å². The van der Waals surface area contributed by atoms with Gasteiger partial charge in [-0.2, -0.15) is 0 Å². The number of aryl methyl sites for hydroxylation is 1. The highest BCUT2D eigenvalue weighted by Crippen LogP contribution is 2.37. The van der Waals surface area contributed by atoms with Crippen molar-refractivity contribution in [2.24, 2.45) is 0 Å². The number of anilines is 2. The van der Waals surface area contributed by atoms with E-state index in [-0.39, 0.29) is 18.4 Å². The Morgan fingerprint density at radius 3 is 2.68 bits per heavy atom. The molecule has 0 unspecified atom stereocenters. The maximum absolute atomic E-state index is 12.9. The summed E-state index contributed by atoms with van der Waals surface area (Å²) < 4.78 is 11.5. The summed E-state index contributed by atoms with van der Waals surface area (Å²) in [6.07, 6.45) is 2.51. The maximum Gasteiger partial charge on any atom is 0.270 e. The van der Waals surface area contributed by atoms with Gasteiger partial charge in [-0.1, -0.05) is 66.5 Å². The summed E-state index contributed by atoms with van der Waals surface area (Å²) in [7, 11) is 1.51. The molecule has 1 saturated heterocycles. The summed E-state index contributed by atoms with van der Waals surface area (Å²) >= 11 is 7.98. The summed E-state index contributed by atoms with van der Waals surface area (Å²) in [5.41, 5.74) is 1.47. The molecule has 3 aromatic rings. The van der Waals surface area contributed by atoms with Gasteiger partial charge in [-0.25, -0.2) is 0 Å². The van der Waals surface area contributed by atoms with Gasteiger partial charge in [0.15, 0.2) is 22.4 Å². The molecule has 2 heterocycles. The van der Waals surface area contributed by atoms with Crippen molar-refractivity contribution in [1.29, 1.82) is 0 Å². The number of thiocarbonyl (C=S) groups is 1. The number of nitrogens with zero attached hydrogens (tertiary/aromatic N) is 3. The van der Waals surface area contributed by atoms with E-state index in [1.165, 1.54) is 35.1 Å². The Labute approximate surface area is 210 Å². The van der Waals surface area contributed by atoms with Gasteiger partial charge in [-0.3, -0.25) is 19.8 Å². The molecule has 1 aromatic heterocycles. The molecule has 11 heteroatoms. The molecule has 1 fully saturated rings.